The first-order chi connectivity index (χ1) is 22.0. The van der Waals surface area contributed by atoms with Crippen LogP contribution in [0.3, 0.4) is 0 Å². The van der Waals surface area contributed by atoms with Crippen molar-refractivity contribution in [2.45, 2.75) is 186 Å². The van der Waals surface area contributed by atoms with Gasteiger partial charge in [0.05, 0.1) is 12.0 Å². The van der Waals surface area contributed by atoms with Gasteiger partial charge in [0.25, 0.3) is 0 Å². The van der Waals surface area contributed by atoms with Gasteiger partial charge in [0.2, 0.25) is 11.8 Å². The summed E-state index contributed by atoms with van der Waals surface area (Å²) < 4.78 is 0. The number of carboxylic acids is 3. The molecule has 0 aliphatic rings. The molecule has 0 aliphatic heterocycles. The molecule has 0 saturated carbocycles. The van der Waals surface area contributed by atoms with Crippen molar-refractivity contribution in [3.05, 3.63) is 0 Å². The first-order valence-electron chi connectivity index (χ1n) is 18.0. The van der Waals surface area contributed by atoms with Crippen LogP contribution < -0.4 is 46.1 Å². The number of aliphatic carboxylic acids is 3. The Hall–Kier alpha value is -1.53. The van der Waals surface area contributed by atoms with Crippen molar-refractivity contribution in [2.24, 2.45) is 11.5 Å². The van der Waals surface area contributed by atoms with Gasteiger partial charge < -0.3 is 31.6 Å². The third kappa shape index (κ3) is 31.5. The fourth-order valence-corrected chi connectivity index (χ4v) is 5.15. The fraction of sp³-hybridized carbons (Fsp3) is 0.857. The van der Waals surface area contributed by atoms with E-state index in [0.717, 1.165) is 56.3 Å². The number of hydrogen-bond acceptors (Lipinski definition) is 8. The van der Waals surface area contributed by atoms with Gasteiger partial charge in [0.15, 0.2) is 0 Å². The second-order valence-corrected chi connectivity index (χ2v) is 12.3. The van der Waals surface area contributed by atoms with Crippen LogP contribution in [0.4, 0.5) is 0 Å². The summed E-state index contributed by atoms with van der Waals surface area (Å²) in [4.78, 5) is 59.5. The summed E-state index contributed by atoms with van der Waals surface area (Å²) >= 11 is 0. The van der Waals surface area contributed by atoms with E-state index in [9.17, 15) is 29.1 Å². The number of nitrogens with zero attached hydrogens (tertiary/aromatic N) is 1. The molecule has 2 amide bonds. The molecule has 2 atom stereocenters. The molecule has 0 unspecified atom stereocenters. The maximum atomic E-state index is 12.9. The van der Waals surface area contributed by atoms with E-state index >= 15 is 0 Å². The Kier molecular flexibility index (Phi) is 37.9. The molecule has 12 heteroatoms. The molecule has 0 rings (SSSR count). The number of carboxylic acid groups (broad SMARTS) is 3. The van der Waals surface area contributed by atoms with Gasteiger partial charge in [-0.25, -0.2) is 0 Å². The summed E-state index contributed by atoms with van der Waals surface area (Å²) in [5.74, 6) is -4.73. The zero-order valence-electron chi connectivity index (χ0n) is 30.0. The second kappa shape index (κ2) is 35.8. The molecule has 47 heavy (non-hydrogen) atoms. The Morgan fingerprint density at radius 1 is 0.596 bits per heavy atom. The van der Waals surface area contributed by atoms with Crippen LogP contribution in [0.2, 0.25) is 0 Å². The number of rotatable bonds is 30. The molecule has 0 aromatic carbocycles. The standard InChI is InChI=1S/C29H53NO6.C6H14N2O2.Na/c1-3-5-7-9-11-13-15-17-19-21-26(31)30(25(29(35)36)23-24-28(33)34)27(32)22-20-18-16-14-12-10-8-6-4-2;7-4-2-1-3-5(8)6(9)10;/h25H,3-24H2,1-2H3,(H,33,34)(H,35,36);5H,1-4,7-8H2,(H,9,10);/q;;+1/p-1/t25-;5-;/m00./s1. The number of carbonyl (C=O) groups excluding carboxylic acids is 3. The molecule has 0 fully saturated rings. The zero-order valence-corrected chi connectivity index (χ0v) is 32.0. The SMILES string of the molecule is CCCCCCCCCCCC(=O)N(C(=O)CCCCCCCCCCC)[C@@H](CCC(=O)O)C(=O)[O-].NCCCC[C@H](N)C(=O)O.[Na+]. The van der Waals surface area contributed by atoms with Crippen LogP contribution in [0, 0.1) is 0 Å². The first kappa shape index (κ1) is 49.9. The van der Waals surface area contributed by atoms with E-state index in [1.54, 1.807) is 0 Å². The number of amides is 2. The maximum absolute atomic E-state index is 12.9. The predicted molar refractivity (Wildman–Crippen MR) is 180 cm³/mol. The monoisotopic (exact) mass is 679 g/mol. The molecule has 11 nitrogen and oxygen atoms in total. The van der Waals surface area contributed by atoms with E-state index in [1.165, 1.54) is 64.2 Å². The average molecular weight is 680 g/mol. The van der Waals surface area contributed by atoms with Crippen LogP contribution in [0.25, 0.3) is 0 Å². The Morgan fingerprint density at radius 3 is 1.30 bits per heavy atom. The minimum absolute atomic E-state index is 0. The summed E-state index contributed by atoms with van der Waals surface area (Å²) in [6.07, 6.45) is 21.0. The van der Waals surface area contributed by atoms with Gasteiger partial charge in [0, 0.05) is 19.3 Å². The Morgan fingerprint density at radius 2 is 0.979 bits per heavy atom. The summed E-state index contributed by atoms with van der Waals surface area (Å²) in [6, 6.07) is -2.25. The normalized spacial score (nSPS) is 11.8. The quantitative estimate of drug-likeness (QED) is 0.0645. The van der Waals surface area contributed by atoms with Crippen LogP contribution in [0.15, 0.2) is 0 Å². The van der Waals surface area contributed by atoms with Crippen LogP contribution in [0.1, 0.15) is 174 Å². The molecule has 0 bridgehead atoms. The van der Waals surface area contributed by atoms with Crippen LogP contribution in [0.5, 0.6) is 0 Å². The zero-order chi connectivity index (χ0) is 35.0. The van der Waals surface area contributed by atoms with Crippen LogP contribution in [-0.2, 0) is 24.0 Å². The summed E-state index contributed by atoms with van der Waals surface area (Å²) in [5.41, 5.74) is 10.4. The number of carbonyl (C=O) groups is 5. The first-order valence-corrected chi connectivity index (χ1v) is 18.0. The van der Waals surface area contributed by atoms with Gasteiger partial charge in [-0.3, -0.25) is 24.1 Å². The van der Waals surface area contributed by atoms with Gasteiger partial charge >= 0.3 is 41.5 Å². The Balaban J connectivity index is -0.00000151. The van der Waals surface area contributed by atoms with E-state index in [0.29, 0.717) is 25.8 Å². The Bertz CT molecular complexity index is 782. The average Bonchev–Trinajstić information content (AvgIpc) is 3.01. The molecule has 0 aromatic rings. The second-order valence-electron chi connectivity index (χ2n) is 12.3. The van der Waals surface area contributed by atoms with Crippen molar-refractivity contribution in [3.63, 3.8) is 0 Å². The molecule has 0 aliphatic carbocycles. The van der Waals surface area contributed by atoms with Crippen molar-refractivity contribution < 1.29 is 68.8 Å². The van der Waals surface area contributed by atoms with Crippen molar-refractivity contribution in [1.82, 2.24) is 4.90 Å². The molecule has 0 radical (unpaired) electrons. The Labute approximate surface area is 306 Å². The van der Waals surface area contributed by atoms with Gasteiger partial charge in [-0.15, -0.1) is 0 Å². The molecule has 0 aromatic heterocycles. The van der Waals surface area contributed by atoms with Crippen molar-refractivity contribution >= 4 is 29.7 Å². The minimum Gasteiger partial charge on any atom is -0.548 e. The molecule has 0 spiro atoms. The van der Waals surface area contributed by atoms with Crippen LogP contribution in [-0.4, -0.2) is 63.5 Å². The van der Waals surface area contributed by atoms with Gasteiger partial charge in [-0.05, 0) is 38.6 Å². The minimum atomic E-state index is -1.57. The summed E-state index contributed by atoms with van der Waals surface area (Å²) in [5, 5.41) is 29.1. The van der Waals surface area contributed by atoms with Crippen molar-refractivity contribution in [1.29, 1.82) is 0 Å². The third-order valence-electron chi connectivity index (χ3n) is 8.03. The van der Waals surface area contributed by atoms with Gasteiger partial charge in [0.1, 0.15) is 6.04 Å². The molecular weight excluding hydrogens is 613 g/mol. The molecule has 0 saturated heterocycles. The molecule has 0 heterocycles. The van der Waals surface area contributed by atoms with Crippen LogP contribution >= 0.6 is 0 Å². The third-order valence-corrected chi connectivity index (χ3v) is 8.03. The number of nitrogens with two attached hydrogens (primary N) is 2. The van der Waals surface area contributed by atoms with E-state index in [1.807, 2.05) is 0 Å². The van der Waals surface area contributed by atoms with Gasteiger partial charge in [-0.1, -0.05) is 123 Å². The maximum Gasteiger partial charge on any atom is 1.00 e. The van der Waals surface area contributed by atoms with E-state index in [4.69, 9.17) is 21.7 Å². The topological polar surface area (TPSA) is 204 Å². The molecule has 6 N–H and O–H groups in total. The smallest absolute Gasteiger partial charge is 0.548 e. The molecule has 270 valence electrons. The van der Waals surface area contributed by atoms with Crippen molar-refractivity contribution in [2.75, 3.05) is 6.54 Å². The van der Waals surface area contributed by atoms with E-state index < -0.39 is 48.2 Å². The largest absolute Gasteiger partial charge is 1.00 e. The number of imide groups is 1. The number of unbranched alkanes of at least 4 members (excludes halogenated alkanes) is 17. The number of hydrogen-bond donors (Lipinski definition) is 4. The summed E-state index contributed by atoms with van der Waals surface area (Å²) in [6.45, 7) is 4.98. The van der Waals surface area contributed by atoms with Crippen molar-refractivity contribution in [3.8, 4) is 0 Å². The molecular formula is C35H66N3NaO8. The van der Waals surface area contributed by atoms with E-state index in [2.05, 4.69) is 13.8 Å². The van der Waals surface area contributed by atoms with Gasteiger partial charge in [-0.2, -0.15) is 0 Å². The predicted octanol–water partition coefficient (Wildman–Crippen LogP) is 2.70. The summed E-state index contributed by atoms with van der Waals surface area (Å²) in [7, 11) is 0. The fourth-order valence-electron chi connectivity index (χ4n) is 5.15. The van der Waals surface area contributed by atoms with E-state index in [-0.39, 0.29) is 48.8 Å².